The smallest absolute Gasteiger partial charge is 0.141 e. The molecule has 0 bridgehead atoms. The highest BCUT2D eigenvalue weighted by atomic mass is 79.9. The van der Waals surface area contributed by atoms with Gasteiger partial charge in [0.05, 0.1) is 16.1 Å². The molecule has 1 aromatic heterocycles. The molecular formula is C17H14BrNO2. The first-order chi connectivity index (χ1) is 10.1. The number of rotatable bonds is 3. The topological polar surface area (TPSA) is 42.4 Å². The molecule has 0 unspecified atom stereocenters. The number of aliphatic hydroxyl groups excluding tert-OH is 1. The average molecular weight is 344 g/mol. The first kappa shape index (κ1) is 14.0. The molecule has 0 saturated heterocycles. The van der Waals surface area contributed by atoms with Crippen LogP contribution in [-0.4, -0.2) is 10.1 Å². The van der Waals surface area contributed by atoms with Crippen LogP contribution in [0.2, 0.25) is 0 Å². The van der Waals surface area contributed by atoms with Crippen LogP contribution < -0.4 is 4.74 Å². The summed E-state index contributed by atoms with van der Waals surface area (Å²) in [5.74, 6) is 1.46. The van der Waals surface area contributed by atoms with Crippen molar-refractivity contribution in [1.29, 1.82) is 0 Å². The third kappa shape index (κ3) is 2.91. The van der Waals surface area contributed by atoms with Gasteiger partial charge in [0.25, 0.3) is 0 Å². The predicted molar refractivity (Wildman–Crippen MR) is 86.6 cm³/mol. The van der Waals surface area contributed by atoms with E-state index in [-0.39, 0.29) is 0 Å². The summed E-state index contributed by atoms with van der Waals surface area (Å²) in [6.45, 7) is 1.73. The highest BCUT2D eigenvalue weighted by Gasteiger charge is 2.09. The Morgan fingerprint density at radius 2 is 1.95 bits per heavy atom. The monoisotopic (exact) mass is 343 g/mol. The fraction of sp³-hybridized carbons (Fsp3) is 0.118. The van der Waals surface area contributed by atoms with Gasteiger partial charge in [-0.3, -0.25) is 4.98 Å². The lowest BCUT2D eigenvalue weighted by molar-refractivity contribution is 0.199. The number of hydrogen-bond acceptors (Lipinski definition) is 3. The van der Waals surface area contributed by atoms with Crippen LogP contribution in [0.4, 0.5) is 0 Å². The van der Waals surface area contributed by atoms with Crippen molar-refractivity contribution in [1.82, 2.24) is 4.98 Å². The highest BCUT2D eigenvalue weighted by Crippen LogP contribution is 2.34. The van der Waals surface area contributed by atoms with Crippen LogP contribution in [0.5, 0.6) is 11.5 Å². The van der Waals surface area contributed by atoms with Crippen molar-refractivity contribution in [3.05, 3.63) is 64.8 Å². The van der Waals surface area contributed by atoms with E-state index in [1.807, 2.05) is 48.5 Å². The highest BCUT2D eigenvalue weighted by molar-refractivity contribution is 9.10. The van der Waals surface area contributed by atoms with Gasteiger partial charge in [0.15, 0.2) is 0 Å². The van der Waals surface area contributed by atoms with Gasteiger partial charge < -0.3 is 9.84 Å². The van der Waals surface area contributed by atoms with E-state index < -0.39 is 6.10 Å². The number of aliphatic hydroxyl groups is 1. The van der Waals surface area contributed by atoms with Gasteiger partial charge in [-0.15, -0.1) is 0 Å². The van der Waals surface area contributed by atoms with Crippen molar-refractivity contribution in [2.75, 3.05) is 0 Å². The number of hydrogen-bond donors (Lipinski definition) is 1. The van der Waals surface area contributed by atoms with Crippen molar-refractivity contribution in [2.24, 2.45) is 0 Å². The third-order valence-electron chi connectivity index (χ3n) is 3.26. The largest absolute Gasteiger partial charge is 0.455 e. The van der Waals surface area contributed by atoms with Crippen LogP contribution in [0.25, 0.3) is 10.9 Å². The van der Waals surface area contributed by atoms with Crippen molar-refractivity contribution in [2.45, 2.75) is 13.0 Å². The molecule has 0 spiro atoms. The predicted octanol–water partition coefficient (Wildman–Crippen LogP) is 4.84. The van der Waals surface area contributed by atoms with E-state index in [1.165, 1.54) is 0 Å². The number of benzene rings is 2. The molecule has 2 aromatic carbocycles. The third-order valence-corrected chi connectivity index (χ3v) is 3.88. The fourth-order valence-corrected chi connectivity index (χ4v) is 2.62. The molecule has 0 radical (unpaired) electrons. The molecule has 4 heteroatoms. The molecule has 1 atom stereocenters. The summed E-state index contributed by atoms with van der Waals surface area (Å²) in [5, 5.41) is 10.6. The minimum absolute atomic E-state index is 0.503. The van der Waals surface area contributed by atoms with E-state index in [2.05, 4.69) is 20.9 Å². The fourth-order valence-electron chi connectivity index (χ4n) is 2.14. The molecule has 0 aliphatic heterocycles. The van der Waals surface area contributed by atoms with Gasteiger partial charge in [0.1, 0.15) is 11.5 Å². The van der Waals surface area contributed by atoms with Crippen molar-refractivity contribution >= 4 is 26.8 Å². The van der Waals surface area contributed by atoms with Gasteiger partial charge in [-0.2, -0.15) is 0 Å². The number of fused-ring (bicyclic) bond motifs is 1. The molecule has 0 aliphatic rings. The second-order valence-electron chi connectivity index (χ2n) is 4.79. The lowest BCUT2D eigenvalue weighted by Gasteiger charge is -2.12. The Hall–Kier alpha value is -1.91. The summed E-state index contributed by atoms with van der Waals surface area (Å²) in [5.41, 5.74) is 1.74. The Morgan fingerprint density at radius 1 is 1.10 bits per heavy atom. The van der Waals surface area contributed by atoms with Gasteiger partial charge in [-0.1, -0.05) is 12.1 Å². The van der Waals surface area contributed by atoms with E-state index in [4.69, 9.17) is 4.74 Å². The summed E-state index contributed by atoms with van der Waals surface area (Å²) < 4.78 is 6.80. The second kappa shape index (κ2) is 5.84. The zero-order valence-electron chi connectivity index (χ0n) is 11.5. The number of aromatic nitrogens is 1. The number of nitrogens with zero attached hydrogens (tertiary/aromatic N) is 1. The normalized spacial score (nSPS) is 12.3. The minimum atomic E-state index is -0.503. The van der Waals surface area contributed by atoms with E-state index in [9.17, 15) is 5.11 Å². The second-order valence-corrected chi connectivity index (χ2v) is 5.65. The summed E-state index contributed by atoms with van der Waals surface area (Å²) in [4.78, 5) is 4.32. The van der Waals surface area contributed by atoms with Crippen LogP contribution in [0.1, 0.15) is 18.6 Å². The van der Waals surface area contributed by atoms with E-state index in [0.29, 0.717) is 5.75 Å². The maximum atomic E-state index is 9.60. The number of ether oxygens (including phenoxy) is 1. The minimum Gasteiger partial charge on any atom is -0.455 e. The van der Waals surface area contributed by atoms with Crippen LogP contribution in [-0.2, 0) is 0 Å². The quantitative estimate of drug-likeness (QED) is 0.739. The lowest BCUT2D eigenvalue weighted by Crippen LogP contribution is -1.93. The van der Waals surface area contributed by atoms with Gasteiger partial charge in [0.2, 0.25) is 0 Å². The first-order valence-electron chi connectivity index (χ1n) is 6.64. The van der Waals surface area contributed by atoms with Gasteiger partial charge in [-0.25, -0.2) is 0 Å². The SMILES string of the molecule is C[C@@H](O)c1ccc(Oc2cccc3ncccc23)c(Br)c1. The van der Waals surface area contributed by atoms with Crippen LogP contribution in [0.3, 0.4) is 0 Å². The molecule has 1 N–H and O–H groups in total. The Bertz CT molecular complexity index is 781. The standard InChI is InChI=1S/C17H14BrNO2/c1-11(20)12-7-8-17(14(18)10-12)21-16-6-2-5-15-13(16)4-3-9-19-15/h2-11,20H,1H3/t11-/m1/s1. The van der Waals surface area contributed by atoms with Crippen LogP contribution in [0, 0.1) is 0 Å². The number of halogens is 1. The molecule has 3 nitrogen and oxygen atoms in total. The molecule has 106 valence electrons. The molecule has 3 aromatic rings. The summed E-state index contributed by atoms with van der Waals surface area (Å²) in [6, 6.07) is 15.2. The Kier molecular flexibility index (Phi) is 3.90. The summed E-state index contributed by atoms with van der Waals surface area (Å²) in [6.07, 6.45) is 1.26. The van der Waals surface area contributed by atoms with E-state index in [0.717, 1.165) is 26.7 Å². The van der Waals surface area contributed by atoms with Gasteiger partial charge >= 0.3 is 0 Å². The van der Waals surface area contributed by atoms with E-state index in [1.54, 1.807) is 13.1 Å². The van der Waals surface area contributed by atoms with Crippen molar-refractivity contribution in [3.8, 4) is 11.5 Å². The molecular weight excluding hydrogens is 330 g/mol. The van der Waals surface area contributed by atoms with Crippen LogP contribution in [0.15, 0.2) is 59.2 Å². The molecule has 3 rings (SSSR count). The maximum absolute atomic E-state index is 9.60. The van der Waals surface area contributed by atoms with Gasteiger partial charge in [0, 0.05) is 11.6 Å². The number of pyridine rings is 1. The van der Waals surface area contributed by atoms with Crippen molar-refractivity contribution < 1.29 is 9.84 Å². The molecule has 21 heavy (non-hydrogen) atoms. The zero-order valence-corrected chi connectivity index (χ0v) is 13.0. The maximum Gasteiger partial charge on any atom is 0.141 e. The zero-order chi connectivity index (χ0) is 14.8. The first-order valence-corrected chi connectivity index (χ1v) is 7.43. The Morgan fingerprint density at radius 3 is 2.71 bits per heavy atom. The average Bonchev–Trinajstić information content (AvgIpc) is 2.49. The van der Waals surface area contributed by atoms with Gasteiger partial charge in [-0.05, 0) is 64.8 Å². The molecule has 0 aliphatic carbocycles. The van der Waals surface area contributed by atoms with Crippen LogP contribution >= 0.6 is 15.9 Å². The molecule has 1 heterocycles. The Labute approximate surface area is 131 Å². The molecule has 0 amide bonds. The lowest BCUT2D eigenvalue weighted by atomic mass is 10.1. The molecule has 0 saturated carbocycles. The Balaban J connectivity index is 1.99. The summed E-state index contributed by atoms with van der Waals surface area (Å²) >= 11 is 3.49. The van der Waals surface area contributed by atoms with Crippen molar-refractivity contribution in [3.63, 3.8) is 0 Å². The summed E-state index contributed by atoms with van der Waals surface area (Å²) in [7, 11) is 0. The van der Waals surface area contributed by atoms with E-state index >= 15 is 0 Å². The molecule has 0 fully saturated rings.